The molecule has 0 bridgehead atoms. The molecule has 1 amide bonds. The summed E-state index contributed by atoms with van der Waals surface area (Å²) in [6.07, 6.45) is 3.56. The molecule has 5 heteroatoms. The van der Waals surface area contributed by atoms with Crippen LogP contribution in [0.15, 0.2) is 30.3 Å². The molecule has 0 spiro atoms. The van der Waals surface area contributed by atoms with Crippen LogP contribution in [0.2, 0.25) is 0 Å². The number of rotatable bonds is 7. The summed E-state index contributed by atoms with van der Waals surface area (Å²) in [7, 11) is 0. The Hall–Kier alpha value is -1.88. The van der Waals surface area contributed by atoms with E-state index in [0.29, 0.717) is 19.6 Å². The number of aliphatic carboxylic acids is 1. The molecule has 120 valence electrons. The van der Waals surface area contributed by atoms with Crippen LogP contribution >= 0.6 is 0 Å². The van der Waals surface area contributed by atoms with E-state index in [2.05, 4.69) is 0 Å². The third-order valence-electron chi connectivity index (χ3n) is 3.98. The van der Waals surface area contributed by atoms with Crippen LogP contribution in [0.3, 0.4) is 0 Å². The largest absolute Gasteiger partial charge is 0.481 e. The summed E-state index contributed by atoms with van der Waals surface area (Å²) in [5.41, 5.74) is 1.04. The van der Waals surface area contributed by atoms with Crippen molar-refractivity contribution in [3.05, 3.63) is 35.9 Å². The van der Waals surface area contributed by atoms with E-state index in [1.54, 1.807) is 4.90 Å². The molecule has 1 aliphatic rings. The summed E-state index contributed by atoms with van der Waals surface area (Å²) in [5, 5.41) is 8.81. The summed E-state index contributed by atoms with van der Waals surface area (Å²) in [4.78, 5) is 24.8. The van der Waals surface area contributed by atoms with Gasteiger partial charge in [0.25, 0.3) is 0 Å². The molecule has 1 atom stereocenters. The highest BCUT2D eigenvalue weighted by Gasteiger charge is 2.26. The number of hydrogen-bond donors (Lipinski definition) is 1. The molecule has 0 saturated carbocycles. The van der Waals surface area contributed by atoms with E-state index < -0.39 is 5.97 Å². The van der Waals surface area contributed by atoms with E-state index in [-0.39, 0.29) is 25.0 Å². The Morgan fingerprint density at radius 1 is 1.23 bits per heavy atom. The fourth-order valence-electron chi connectivity index (χ4n) is 2.83. The van der Waals surface area contributed by atoms with Crippen molar-refractivity contribution in [2.45, 2.75) is 44.8 Å². The lowest BCUT2D eigenvalue weighted by Crippen LogP contribution is -2.45. The van der Waals surface area contributed by atoms with Crippen LogP contribution in [-0.4, -0.2) is 41.1 Å². The average Bonchev–Trinajstić information content (AvgIpc) is 2.54. The summed E-state index contributed by atoms with van der Waals surface area (Å²) < 4.78 is 5.50. The zero-order valence-electron chi connectivity index (χ0n) is 12.7. The molecular weight excluding hydrogens is 282 g/mol. The van der Waals surface area contributed by atoms with Crippen LogP contribution in [0.4, 0.5) is 0 Å². The van der Waals surface area contributed by atoms with Crippen LogP contribution in [0.5, 0.6) is 0 Å². The third kappa shape index (κ3) is 5.15. The molecule has 1 aromatic rings. The highest BCUT2D eigenvalue weighted by Crippen LogP contribution is 2.21. The molecule has 1 N–H and O–H groups in total. The van der Waals surface area contributed by atoms with Crippen LogP contribution in [0.1, 0.15) is 37.7 Å². The first kappa shape index (κ1) is 16.5. The summed E-state index contributed by atoms with van der Waals surface area (Å²) in [6.45, 7) is 1.18. The van der Waals surface area contributed by atoms with E-state index in [1.807, 2.05) is 30.3 Å². The molecule has 0 radical (unpaired) electrons. The molecular formula is C17H23NO4. The van der Waals surface area contributed by atoms with Crippen molar-refractivity contribution in [1.29, 1.82) is 0 Å². The van der Waals surface area contributed by atoms with Gasteiger partial charge in [0, 0.05) is 19.0 Å². The number of piperidine rings is 1. The van der Waals surface area contributed by atoms with Crippen molar-refractivity contribution >= 4 is 11.9 Å². The fraction of sp³-hybridized carbons (Fsp3) is 0.529. The number of carboxylic acid groups (broad SMARTS) is 1. The first-order chi connectivity index (χ1) is 10.7. The van der Waals surface area contributed by atoms with Gasteiger partial charge in [0.2, 0.25) is 5.91 Å². The molecule has 22 heavy (non-hydrogen) atoms. The van der Waals surface area contributed by atoms with E-state index in [9.17, 15) is 9.59 Å². The molecule has 1 saturated heterocycles. The van der Waals surface area contributed by atoms with Crippen molar-refractivity contribution in [3.8, 4) is 0 Å². The molecule has 1 aliphatic heterocycles. The zero-order valence-corrected chi connectivity index (χ0v) is 12.7. The average molecular weight is 305 g/mol. The molecule has 0 aromatic heterocycles. The maximum atomic E-state index is 12.3. The van der Waals surface area contributed by atoms with Gasteiger partial charge in [0.05, 0.1) is 6.61 Å². The van der Waals surface area contributed by atoms with Crippen molar-refractivity contribution in [2.75, 3.05) is 13.2 Å². The summed E-state index contributed by atoms with van der Waals surface area (Å²) in [5.74, 6) is -0.843. The normalized spacial score (nSPS) is 18.2. The van der Waals surface area contributed by atoms with Gasteiger partial charge in [-0.3, -0.25) is 9.59 Å². The van der Waals surface area contributed by atoms with Crippen LogP contribution in [-0.2, 0) is 20.9 Å². The smallest absolute Gasteiger partial charge is 0.303 e. The van der Waals surface area contributed by atoms with Crippen molar-refractivity contribution < 1.29 is 19.4 Å². The minimum atomic E-state index is -0.807. The first-order valence-corrected chi connectivity index (χ1v) is 7.80. The minimum Gasteiger partial charge on any atom is -0.481 e. The van der Waals surface area contributed by atoms with Gasteiger partial charge >= 0.3 is 5.97 Å². The van der Waals surface area contributed by atoms with Crippen molar-refractivity contribution in [2.24, 2.45) is 0 Å². The van der Waals surface area contributed by atoms with Gasteiger partial charge in [-0.1, -0.05) is 30.3 Å². The van der Waals surface area contributed by atoms with E-state index in [0.717, 1.165) is 24.8 Å². The Balaban J connectivity index is 1.79. The number of ether oxygens (including phenoxy) is 1. The number of carbonyl (C=O) groups excluding carboxylic acids is 1. The lowest BCUT2D eigenvalue weighted by atomic mass is 9.98. The first-order valence-electron chi connectivity index (χ1n) is 7.80. The van der Waals surface area contributed by atoms with Gasteiger partial charge in [-0.15, -0.1) is 0 Å². The summed E-state index contributed by atoms with van der Waals surface area (Å²) >= 11 is 0. The third-order valence-corrected chi connectivity index (χ3v) is 3.98. The molecule has 1 fully saturated rings. The molecule has 1 aromatic carbocycles. The van der Waals surface area contributed by atoms with Crippen LogP contribution < -0.4 is 0 Å². The number of hydrogen-bond acceptors (Lipinski definition) is 3. The number of benzene rings is 1. The zero-order chi connectivity index (χ0) is 15.8. The number of carbonyl (C=O) groups is 2. The Labute approximate surface area is 130 Å². The van der Waals surface area contributed by atoms with Gasteiger partial charge in [0.15, 0.2) is 0 Å². The van der Waals surface area contributed by atoms with E-state index >= 15 is 0 Å². The van der Waals surface area contributed by atoms with Gasteiger partial charge < -0.3 is 14.7 Å². The standard InChI is InChI=1S/C17H23NO4/c19-16(13-22-12-14-6-2-1-3-7-14)18-11-5-4-8-15(18)9-10-17(20)21/h1-3,6-7,15H,4-5,8-13H2,(H,20,21)/t15-/m0/s1. The van der Waals surface area contributed by atoms with Gasteiger partial charge in [-0.2, -0.15) is 0 Å². The van der Waals surface area contributed by atoms with Gasteiger partial charge in [0.1, 0.15) is 6.61 Å². The Morgan fingerprint density at radius 2 is 2.00 bits per heavy atom. The van der Waals surface area contributed by atoms with E-state index in [1.165, 1.54) is 0 Å². The number of carboxylic acids is 1. The molecule has 2 rings (SSSR count). The van der Waals surface area contributed by atoms with Crippen LogP contribution in [0, 0.1) is 0 Å². The topological polar surface area (TPSA) is 66.8 Å². The van der Waals surface area contributed by atoms with Crippen LogP contribution in [0.25, 0.3) is 0 Å². The lowest BCUT2D eigenvalue weighted by Gasteiger charge is -2.35. The minimum absolute atomic E-state index is 0.0361. The van der Waals surface area contributed by atoms with Gasteiger partial charge in [-0.25, -0.2) is 0 Å². The van der Waals surface area contributed by atoms with Crippen molar-refractivity contribution in [1.82, 2.24) is 4.90 Å². The number of nitrogens with zero attached hydrogens (tertiary/aromatic N) is 1. The predicted octanol–water partition coefficient (Wildman–Crippen LogP) is 2.45. The molecule has 5 nitrogen and oxygen atoms in total. The molecule has 1 heterocycles. The highest BCUT2D eigenvalue weighted by atomic mass is 16.5. The second-order valence-electron chi connectivity index (χ2n) is 5.65. The molecule has 0 unspecified atom stereocenters. The summed E-state index contributed by atoms with van der Waals surface area (Å²) in [6, 6.07) is 9.77. The monoisotopic (exact) mass is 305 g/mol. The molecule has 0 aliphatic carbocycles. The highest BCUT2D eigenvalue weighted by molar-refractivity contribution is 5.78. The Kier molecular flexibility index (Phi) is 6.40. The van der Waals surface area contributed by atoms with E-state index in [4.69, 9.17) is 9.84 Å². The maximum Gasteiger partial charge on any atom is 0.303 e. The quantitative estimate of drug-likeness (QED) is 0.840. The number of likely N-dealkylation sites (tertiary alicyclic amines) is 1. The van der Waals surface area contributed by atoms with Crippen molar-refractivity contribution in [3.63, 3.8) is 0 Å². The predicted molar refractivity (Wildman–Crippen MR) is 82.3 cm³/mol. The second kappa shape index (κ2) is 8.54. The Bertz CT molecular complexity index is 489. The SMILES string of the molecule is O=C(O)CC[C@@H]1CCCCN1C(=O)COCc1ccccc1. The lowest BCUT2D eigenvalue weighted by molar-refractivity contribution is -0.142. The number of amides is 1. The maximum absolute atomic E-state index is 12.3. The second-order valence-corrected chi connectivity index (χ2v) is 5.65. The fourth-order valence-corrected chi connectivity index (χ4v) is 2.83. The van der Waals surface area contributed by atoms with Gasteiger partial charge in [-0.05, 0) is 31.2 Å². The Morgan fingerprint density at radius 3 is 2.73 bits per heavy atom.